The Balaban J connectivity index is 2.16. The lowest BCUT2D eigenvalue weighted by Crippen LogP contribution is -2.26. The minimum atomic E-state index is -0.149. The second kappa shape index (κ2) is 6.37. The quantitative estimate of drug-likeness (QED) is 0.779. The van der Waals surface area contributed by atoms with Crippen LogP contribution in [0.2, 0.25) is 5.15 Å². The molecule has 0 saturated carbocycles. The smallest absolute Gasteiger partial charge is 0.257 e. The van der Waals surface area contributed by atoms with Crippen molar-refractivity contribution in [3.8, 4) is 0 Å². The molecule has 0 radical (unpaired) electrons. The van der Waals surface area contributed by atoms with Crippen LogP contribution in [0.1, 0.15) is 21.5 Å². The number of carbonyl (C=O) groups is 1. The van der Waals surface area contributed by atoms with Gasteiger partial charge in [-0.15, -0.1) is 0 Å². The maximum Gasteiger partial charge on any atom is 0.257 e. The molecule has 0 bridgehead atoms. The number of amides is 1. The molecule has 0 unspecified atom stereocenters. The molecule has 1 heterocycles. The van der Waals surface area contributed by atoms with Crippen LogP contribution in [-0.4, -0.2) is 22.8 Å². The van der Waals surface area contributed by atoms with Gasteiger partial charge in [0.15, 0.2) is 0 Å². The van der Waals surface area contributed by atoms with Gasteiger partial charge in [-0.05, 0) is 34.5 Å². The Labute approximate surface area is 131 Å². The number of halogens is 2. The van der Waals surface area contributed by atoms with Crippen molar-refractivity contribution in [1.82, 2.24) is 9.88 Å². The molecule has 1 aromatic heterocycles. The number of aryl methyl sites for hydroxylation is 1. The maximum absolute atomic E-state index is 12.4. The van der Waals surface area contributed by atoms with Gasteiger partial charge in [0, 0.05) is 24.3 Å². The Morgan fingerprint density at radius 2 is 2.00 bits per heavy atom. The van der Waals surface area contributed by atoms with Crippen molar-refractivity contribution in [2.24, 2.45) is 0 Å². The molecule has 0 aliphatic rings. The minimum absolute atomic E-state index is 0.149. The van der Waals surface area contributed by atoms with E-state index in [0.717, 1.165) is 10.0 Å². The van der Waals surface area contributed by atoms with Crippen LogP contribution in [0.25, 0.3) is 0 Å². The number of aromatic nitrogens is 1. The van der Waals surface area contributed by atoms with Gasteiger partial charge < -0.3 is 4.90 Å². The fraction of sp³-hybridized carbons (Fsp3) is 0.200. The molecule has 1 aromatic carbocycles. The second-order valence-electron chi connectivity index (χ2n) is 4.64. The lowest BCUT2D eigenvalue weighted by molar-refractivity contribution is 0.0785. The molecular formula is C15H14BrClN2O. The number of hydrogen-bond acceptors (Lipinski definition) is 2. The molecule has 0 aliphatic heterocycles. The van der Waals surface area contributed by atoms with Crippen LogP contribution in [0.5, 0.6) is 0 Å². The third-order valence-electron chi connectivity index (χ3n) is 2.92. The van der Waals surface area contributed by atoms with E-state index in [1.807, 2.05) is 31.2 Å². The van der Waals surface area contributed by atoms with Gasteiger partial charge in [-0.2, -0.15) is 0 Å². The normalized spacial score (nSPS) is 10.4. The molecule has 3 nitrogen and oxygen atoms in total. The Kier molecular flexibility index (Phi) is 4.78. The highest BCUT2D eigenvalue weighted by Gasteiger charge is 2.16. The number of benzene rings is 1. The van der Waals surface area contributed by atoms with E-state index in [0.29, 0.717) is 12.1 Å². The van der Waals surface area contributed by atoms with Crippen molar-refractivity contribution in [1.29, 1.82) is 0 Å². The average molecular weight is 354 g/mol. The summed E-state index contributed by atoms with van der Waals surface area (Å²) in [7, 11) is 1.75. The van der Waals surface area contributed by atoms with E-state index < -0.39 is 0 Å². The first kappa shape index (κ1) is 15.0. The van der Waals surface area contributed by atoms with E-state index in [2.05, 4.69) is 20.9 Å². The van der Waals surface area contributed by atoms with E-state index in [1.54, 1.807) is 24.2 Å². The molecule has 0 atom stereocenters. The molecule has 0 saturated heterocycles. The Hall–Kier alpha value is -1.39. The van der Waals surface area contributed by atoms with E-state index >= 15 is 0 Å². The van der Waals surface area contributed by atoms with Gasteiger partial charge in [-0.3, -0.25) is 4.79 Å². The molecule has 0 aliphatic carbocycles. The zero-order valence-electron chi connectivity index (χ0n) is 11.2. The molecule has 20 heavy (non-hydrogen) atoms. The number of nitrogens with zero attached hydrogens (tertiary/aromatic N) is 2. The second-order valence-corrected chi connectivity index (χ2v) is 5.91. The fourth-order valence-electron chi connectivity index (χ4n) is 1.82. The van der Waals surface area contributed by atoms with Crippen molar-refractivity contribution < 1.29 is 4.79 Å². The lowest BCUT2D eigenvalue weighted by atomic mass is 10.1. The first-order valence-corrected chi connectivity index (χ1v) is 7.26. The number of rotatable bonds is 3. The van der Waals surface area contributed by atoms with Gasteiger partial charge in [0.1, 0.15) is 5.15 Å². The highest BCUT2D eigenvalue weighted by Crippen LogP contribution is 2.20. The van der Waals surface area contributed by atoms with Crippen LogP contribution >= 0.6 is 27.5 Å². The van der Waals surface area contributed by atoms with Crippen molar-refractivity contribution in [2.75, 3.05) is 7.05 Å². The molecule has 0 fully saturated rings. The lowest BCUT2D eigenvalue weighted by Gasteiger charge is -2.18. The maximum atomic E-state index is 12.4. The van der Waals surface area contributed by atoms with E-state index in [-0.39, 0.29) is 11.1 Å². The molecule has 104 valence electrons. The monoisotopic (exact) mass is 352 g/mol. The standard InChI is InChI=1S/C15H14BrClN2O/c1-10-3-5-11(6-4-10)9-19(2)15(20)13-7-12(16)8-18-14(13)17/h3-8H,9H2,1-2H3. The molecule has 0 N–H and O–H groups in total. The average Bonchev–Trinajstić information content (AvgIpc) is 2.43. The summed E-state index contributed by atoms with van der Waals surface area (Å²) in [6.45, 7) is 2.56. The third kappa shape index (κ3) is 3.58. The van der Waals surface area contributed by atoms with Gasteiger partial charge >= 0.3 is 0 Å². The molecule has 5 heteroatoms. The van der Waals surface area contributed by atoms with Gasteiger partial charge in [0.2, 0.25) is 0 Å². The van der Waals surface area contributed by atoms with Gasteiger partial charge in [0.05, 0.1) is 5.56 Å². The van der Waals surface area contributed by atoms with Crippen molar-refractivity contribution in [2.45, 2.75) is 13.5 Å². The molecular weight excluding hydrogens is 340 g/mol. The van der Waals surface area contributed by atoms with Crippen molar-refractivity contribution in [3.05, 3.63) is 62.8 Å². The molecule has 0 spiro atoms. The van der Waals surface area contributed by atoms with Crippen LogP contribution in [0.4, 0.5) is 0 Å². The van der Waals surface area contributed by atoms with Crippen LogP contribution in [0, 0.1) is 6.92 Å². The number of pyridine rings is 1. The zero-order chi connectivity index (χ0) is 14.7. The summed E-state index contributed by atoms with van der Waals surface area (Å²) < 4.78 is 0.731. The summed E-state index contributed by atoms with van der Waals surface area (Å²) in [5, 5.41) is 0.217. The van der Waals surface area contributed by atoms with Crippen molar-refractivity contribution in [3.63, 3.8) is 0 Å². The Morgan fingerprint density at radius 3 is 2.65 bits per heavy atom. The summed E-state index contributed by atoms with van der Waals surface area (Å²) in [5.74, 6) is -0.149. The van der Waals surface area contributed by atoms with Gasteiger partial charge in [-0.25, -0.2) is 4.98 Å². The Morgan fingerprint density at radius 1 is 1.35 bits per heavy atom. The first-order chi connectivity index (χ1) is 9.47. The highest BCUT2D eigenvalue weighted by molar-refractivity contribution is 9.10. The van der Waals surface area contributed by atoms with Crippen LogP contribution in [0.3, 0.4) is 0 Å². The van der Waals surface area contributed by atoms with Crippen LogP contribution in [0.15, 0.2) is 41.0 Å². The fourth-order valence-corrected chi connectivity index (χ4v) is 2.33. The topological polar surface area (TPSA) is 33.2 Å². The van der Waals surface area contributed by atoms with Gasteiger partial charge in [-0.1, -0.05) is 41.4 Å². The summed E-state index contributed by atoms with van der Waals surface area (Å²) >= 11 is 9.28. The predicted molar refractivity (Wildman–Crippen MR) is 83.9 cm³/mol. The minimum Gasteiger partial charge on any atom is -0.337 e. The van der Waals surface area contributed by atoms with E-state index in [9.17, 15) is 4.79 Å². The van der Waals surface area contributed by atoms with Crippen LogP contribution < -0.4 is 0 Å². The van der Waals surface area contributed by atoms with E-state index in [1.165, 1.54) is 5.56 Å². The summed E-state index contributed by atoms with van der Waals surface area (Å²) in [6, 6.07) is 9.77. The highest BCUT2D eigenvalue weighted by atomic mass is 79.9. The SMILES string of the molecule is Cc1ccc(CN(C)C(=O)c2cc(Br)cnc2Cl)cc1. The van der Waals surface area contributed by atoms with Gasteiger partial charge in [0.25, 0.3) is 5.91 Å². The number of hydrogen-bond donors (Lipinski definition) is 0. The summed E-state index contributed by atoms with van der Waals surface area (Å²) in [4.78, 5) is 18.0. The molecule has 2 aromatic rings. The third-order valence-corrected chi connectivity index (χ3v) is 3.66. The Bertz CT molecular complexity index is 628. The first-order valence-electron chi connectivity index (χ1n) is 6.09. The molecule has 2 rings (SSSR count). The predicted octanol–water partition coefficient (Wildman–Crippen LogP) is 4.08. The zero-order valence-corrected chi connectivity index (χ0v) is 13.6. The van der Waals surface area contributed by atoms with Crippen molar-refractivity contribution >= 4 is 33.4 Å². The largest absolute Gasteiger partial charge is 0.337 e. The number of carbonyl (C=O) groups excluding carboxylic acids is 1. The summed E-state index contributed by atoms with van der Waals surface area (Å²) in [5.41, 5.74) is 2.67. The van der Waals surface area contributed by atoms with E-state index in [4.69, 9.17) is 11.6 Å². The molecule has 1 amide bonds. The summed E-state index contributed by atoms with van der Waals surface area (Å²) in [6.07, 6.45) is 1.57. The van der Waals surface area contributed by atoms with Crippen LogP contribution in [-0.2, 0) is 6.54 Å².